The summed E-state index contributed by atoms with van der Waals surface area (Å²) in [7, 11) is 0. The Kier molecular flexibility index (Phi) is 6.25. The number of aryl methyl sites for hydroxylation is 3. The second-order valence-electron chi connectivity index (χ2n) is 7.46. The number of hydrogen-bond acceptors (Lipinski definition) is 4. The van der Waals surface area contributed by atoms with Crippen LogP contribution in [0.25, 0.3) is 0 Å². The molecule has 0 N–H and O–H groups in total. The zero-order chi connectivity index (χ0) is 20.1. The molecule has 2 heterocycles. The van der Waals surface area contributed by atoms with Gasteiger partial charge in [-0.3, -0.25) is 4.79 Å². The van der Waals surface area contributed by atoms with Gasteiger partial charge in [-0.2, -0.15) is 0 Å². The molecule has 0 bridgehead atoms. The second kappa shape index (κ2) is 9.23. The molecular formula is C23H24ClN3O2. The van der Waals surface area contributed by atoms with Gasteiger partial charge in [-0.1, -0.05) is 54.1 Å². The van der Waals surface area contributed by atoms with Gasteiger partial charge >= 0.3 is 0 Å². The van der Waals surface area contributed by atoms with E-state index in [1.807, 2.05) is 41.3 Å². The Morgan fingerprint density at radius 2 is 1.83 bits per heavy atom. The molecule has 29 heavy (non-hydrogen) atoms. The number of likely N-dealkylation sites (tertiary alicyclic amines) is 1. The smallest absolute Gasteiger partial charge is 0.223 e. The predicted molar refractivity (Wildman–Crippen MR) is 112 cm³/mol. The molecule has 1 saturated heterocycles. The summed E-state index contributed by atoms with van der Waals surface area (Å²) in [6, 6.07) is 18.1. The molecule has 0 saturated carbocycles. The molecule has 150 valence electrons. The molecule has 1 unspecified atom stereocenters. The molecule has 1 atom stereocenters. The minimum absolute atomic E-state index is 0.138. The zero-order valence-electron chi connectivity index (χ0n) is 16.3. The first-order valence-electron chi connectivity index (χ1n) is 10.1. The van der Waals surface area contributed by atoms with Crippen LogP contribution in [0.3, 0.4) is 0 Å². The quantitative estimate of drug-likeness (QED) is 0.578. The normalized spacial score (nSPS) is 16.3. The summed E-state index contributed by atoms with van der Waals surface area (Å²) in [5.74, 6) is 1.65. The van der Waals surface area contributed by atoms with Crippen molar-refractivity contribution in [1.29, 1.82) is 0 Å². The maximum atomic E-state index is 12.6. The lowest BCUT2D eigenvalue weighted by Gasteiger charge is -2.16. The summed E-state index contributed by atoms with van der Waals surface area (Å²) in [5, 5.41) is 8.95. The van der Waals surface area contributed by atoms with Gasteiger partial charge in [0.15, 0.2) is 0 Å². The van der Waals surface area contributed by atoms with Gasteiger partial charge in [0.1, 0.15) is 0 Å². The lowest BCUT2D eigenvalue weighted by molar-refractivity contribution is -0.130. The van der Waals surface area contributed by atoms with Crippen molar-refractivity contribution in [3.05, 3.63) is 82.5 Å². The first-order chi connectivity index (χ1) is 14.2. The number of carbonyl (C=O) groups excluding carboxylic acids is 1. The van der Waals surface area contributed by atoms with Gasteiger partial charge in [0, 0.05) is 43.3 Å². The third-order valence-electron chi connectivity index (χ3n) is 5.39. The predicted octanol–water partition coefficient (Wildman–Crippen LogP) is 4.46. The minimum Gasteiger partial charge on any atom is -0.425 e. The van der Waals surface area contributed by atoms with Gasteiger partial charge < -0.3 is 9.32 Å². The Balaban J connectivity index is 1.24. The van der Waals surface area contributed by atoms with E-state index < -0.39 is 0 Å². The van der Waals surface area contributed by atoms with E-state index in [-0.39, 0.29) is 5.91 Å². The van der Waals surface area contributed by atoms with Gasteiger partial charge in [0.25, 0.3) is 0 Å². The summed E-state index contributed by atoms with van der Waals surface area (Å²) in [6.45, 7) is 1.52. The van der Waals surface area contributed by atoms with E-state index in [0.29, 0.717) is 37.0 Å². The van der Waals surface area contributed by atoms with Crippen LogP contribution >= 0.6 is 11.6 Å². The van der Waals surface area contributed by atoms with Crippen molar-refractivity contribution in [2.75, 3.05) is 13.1 Å². The van der Waals surface area contributed by atoms with Gasteiger partial charge in [0.05, 0.1) is 0 Å². The van der Waals surface area contributed by atoms with Crippen LogP contribution in [0.5, 0.6) is 0 Å². The fourth-order valence-corrected chi connectivity index (χ4v) is 3.98. The van der Waals surface area contributed by atoms with Crippen LogP contribution in [0, 0.1) is 0 Å². The number of benzene rings is 2. The molecule has 1 fully saturated rings. The van der Waals surface area contributed by atoms with Crippen molar-refractivity contribution in [2.24, 2.45) is 0 Å². The highest BCUT2D eigenvalue weighted by molar-refractivity contribution is 6.30. The summed E-state index contributed by atoms with van der Waals surface area (Å²) in [6.07, 6.45) is 3.41. The SMILES string of the molecule is O=C(CCc1nnc(CCc2ccccc2)o1)N1CCC(c2cccc(Cl)c2)C1. The lowest BCUT2D eigenvalue weighted by atomic mass is 9.99. The molecule has 0 aliphatic carbocycles. The highest BCUT2D eigenvalue weighted by atomic mass is 35.5. The Morgan fingerprint density at radius 1 is 1.03 bits per heavy atom. The van der Waals surface area contributed by atoms with Gasteiger partial charge in [-0.25, -0.2) is 0 Å². The molecule has 2 aromatic carbocycles. The molecule has 1 aliphatic rings. The monoisotopic (exact) mass is 409 g/mol. The van der Waals surface area contributed by atoms with Crippen molar-refractivity contribution in [3.63, 3.8) is 0 Å². The van der Waals surface area contributed by atoms with Crippen molar-refractivity contribution in [1.82, 2.24) is 15.1 Å². The first-order valence-corrected chi connectivity index (χ1v) is 10.4. The highest BCUT2D eigenvalue weighted by Crippen LogP contribution is 2.29. The van der Waals surface area contributed by atoms with Crippen molar-refractivity contribution >= 4 is 17.5 Å². The van der Waals surface area contributed by atoms with Crippen LogP contribution < -0.4 is 0 Å². The molecule has 1 aliphatic heterocycles. The Bertz CT molecular complexity index is 958. The van der Waals surface area contributed by atoms with E-state index in [1.165, 1.54) is 11.1 Å². The van der Waals surface area contributed by atoms with E-state index in [9.17, 15) is 4.79 Å². The fraction of sp³-hybridized carbons (Fsp3) is 0.348. The van der Waals surface area contributed by atoms with Crippen molar-refractivity contribution in [2.45, 2.75) is 38.0 Å². The molecular weight excluding hydrogens is 386 g/mol. The third kappa shape index (κ3) is 5.24. The first kappa shape index (κ1) is 19.6. The Labute approximate surface area is 175 Å². The average Bonchev–Trinajstić information content (AvgIpc) is 3.41. The lowest BCUT2D eigenvalue weighted by Crippen LogP contribution is -2.28. The number of rotatable bonds is 7. The van der Waals surface area contributed by atoms with Crippen molar-refractivity contribution < 1.29 is 9.21 Å². The minimum atomic E-state index is 0.138. The second-order valence-corrected chi connectivity index (χ2v) is 7.89. The topological polar surface area (TPSA) is 59.2 Å². The van der Waals surface area contributed by atoms with Crippen LogP contribution in [0.15, 0.2) is 59.0 Å². The van der Waals surface area contributed by atoms with Crippen LogP contribution in [0.2, 0.25) is 5.02 Å². The molecule has 3 aromatic rings. The zero-order valence-corrected chi connectivity index (χ0v) is 17.0. The number of halogens is 1. The van der Waals surface area contributed by atoms with E-state index in [2.05, 4.69) is 28.4 Å². The number of carbonyl (C=O) groups is 1. The number of amides is 1. The fourth-order valence-electron chi connectivity index (χ4n) is 3.78. The molecule has 6 heteroatoms. The van der Waals surface area contributed by atoms with Gasteiger partial charge in [0.2, 0.25) is 17.7 Å². The number of hydrogen-bond donors (Lipinski definition) is 0. The molecule has 1 aromatic heterocycles. The highest BCUT2D eigenvalue weighted by Gasteiger charge is 2.27. The van der Waals surface area contributed by atoms with Crippen molar-refractivity contribution in [3.8, 4) is 0 Å². The van der Waals surface area contributed by atoms with E-state index in [1.54, 1.807) is 0 Å². The standard InChI is InChI=1S/C23H24ClN3O2/c24-20-8-4-7-18(15-20)19-13-14-27(16-19)23(28)12-11-22-26-25-21(29-22)10-9-17-5-2-1-3-6-17/h1-8,15,19H,9-14,16H2. The summed E-state index contributed by atoms with van der Waals surface area (Å²) in [4.78, 5) is 14.5. The summed E-state index contributed by atoms with van der Waals surface area (Å²) in [5.41, 5.74) is 2.44. The molecule has 4 rings (SSSR count). The molecule has 5 nitrogen and oxygen atoms in total. The Hall–Kier alpha value is -2.66. The Morgan fingerprint density at radius 3 is 2.62 bits per heavy atom. The number of nitrogens with zero attached hydrogens (tertiary/aromatic N) is 3. The largest absolute Gasteiger partial charge is 0.425 e. The molecule has 0 radical (unpaired) electrons. The molecule has 0 spiro atoms. The molecule has 1 amide bonds. The van der Waals surface area contributed by atoms with Gasteiger partial charge in [-0.05, 0) is 36.1 Å². The van der Waals surface area contributed by atoms with E-state index in [4.69, 9.17) is 16.0 Å². The maximum absolute atomic E-state index is 12.6. The summed E-state index contributed by atoms with van der Waals surface area (Å²) < 4.78 is 5.71. The van der Waals surface area contributed by atoms with Crippen LogP contribution in [0.4, 0.5) is 0 Å². The third-order valence-corrected chi connectivity index (χ3v) is 5.63. The van der Waals surface area contributed by atoms with Crippen LogP contribution in [-0.4, -0.2) is 34.1 Å². The number of aromatic nitrogens is 2. The van der Waals surface area contributed by atoms with Crippen LogP contribution in [0.1, 0.15) is 41.7 Å². The maximum Gasteiger partial charge on any atom is 0.223 e. The summed E-state index contributed by atoms with van der Waals surface area (Å²) >= 11 is 6.10. The average molecular weight is 410 g/mol. The van der Waals surface area contributed by atoms with Crippen LogP contribution in [-0.2, 0) is 24.1 Å². The van der Waals surface area contributed by atoms with E-state index in [0.717, 1.165) is 31.0 Å². The van der Waals surface area contributed by atoms with E-state index >= 15 is 0 Å². The van der Waals surface area contributed by atoms with Gasteiger partial charge in [-0.15, -0.1) is 10.2 Å².